The quantitative estimate of drug-likeness (QED) is 0.776. The summed E-state index contributed by atoms with van der Waals surface area (Å²) in [6.07, 6.45) is 7.48. The maximum absolute atomic E-state index is 12.9. The molecule has 86 valence electrons. The molecule has 3 heteroatoms. The first kappa shape index (κ1) is 11.3. The number of allylic oxidation sites excluding steroid dienone is 1. The molecule has 16 heavy (non-hydrogen) atoms. The highest BCUT2D eigenvalue weighted by atomic mass is 19.1. The summed E-state index contributed by atoms with van der Waals surface area (Å²) in [7, 11) is 0. The minimum atomic E-state index is -0.514. The molecule has 0 saturated carbocycles. The summed E-state index contributed by atoms with van der Waals surface area (Å²) in [5.74, 6) is -1.03. The average Bonchev–Trinajstić information content (AvgIpc) is 2.27. The molecule has 0 radical (unpaired) electrons. The van der Waals surface area contributed by atoms with Crippen LogP contribution < -0.4 is 5.32 Å². The highest BCUT2D eigenvalue weighted by molar-refractivity contribution is 5.17. The maximum Gasteiger partial charge on any atom is 0.126 e. The Morgan fingerprint density at radius 2 is 1.88 bits per heavy atom. The zero-order valence-corrected chi connectivity index (χ0v) is 9.05. The van der Waals surface area contributed by atoms with Crippen LogP contribution in [-0.2, 0) is 6.54 Å². The molecule has 0 spiro atoms. The van der Waals surface area contributed by atoms with Gasteiger partial charge in [-0.2, -0.15) is 0 Å². The molecule has 1 unspecified atom stereocenters. The number of hydrogen-bond acceptors (Lipinski definition) is 1. The topological polar surface area (TPSA) is 12.0 Å². The largest absolute Gasteiger partial charge is 0.310 e. The van der Waals surface area contributed by atoms with Crippen LogP contribution >= 0.6 is 0 Å². The van der Waals surface area contributed by atoms with Gasteiger partial charge < -0.3 is 5.32 Å². The summed E-state index contributed by atoms with van der Waals surface area (Å²) >= 11 is 0. The Kier molecular flexibility index (Phi) is 3.67. The van der Waals surface area contributed by atoms with Crippen LogP contribution in [0.2, 0.25) is 0 Å². The van der Waals surface area contributed by atoms with Crippen molar-refractivity contribution in [3.8, 4) is 0 Å². The predicted octanol–water partition coefficient (Wildman–Crippen LogP) is 3.16. The summed E-state index contributed by atoms with van der Waals surface area (Å²) in [5, 5.41) is 3.31. The molecule has 1 aromatic carbocycles. The fraction of sp³-hybridized carbons (Fsp3) is 0.385. The second-order valence-electron chi connectivity index (χ2n) is 4.14. The number of halogens is 2. The molecule has 0 saturated heterocycles. The molecule has 1 nitrogen and oxygen atoms in total. The second kappa shape index (κ2) is 5.21. The van der Waals surface area contributed by atoms with Gasteiger partial charge >= 0.3 is 0 Å². The molecule has 1 aliphatic carbocycles. The van der Waals surface area contributed by atoms with Crippen molar-refractivity contribution < 1.29 is 8.78 Å². The molecule has 1 aromatic rings. The van der Waals surface area contributed by atoms with Gasteiger partial charge in [0.25, 0.3) is 0 Å². The lowest BCUT2D eigenvalue weighted by Crippen LogP contribution is -2.29. The van der Waals surface area contributed by atoms with Crippen molar-refractivity contribution in [2.45, 2.75) is 31.8 Å². The van der Waals surface area contributed by atoms with Crippen molar-refractivity contribution in [3.05, 3.63) is 47.5 Å². The van der Waals surface area contributed by atoms with Gasteiger partial charge in [-0.1, -0.05) is 12.2 Å². The molecule has 0 heterocycles. The highest BCUT2D eigenvalue weighted by Crippen LogP contribution is 2.12. The van der Waals surface area contributed by atoms with Crippen molar-refractivity contribution in [3.63, 3.8) is 0 Å². The first-order valence-corrected chi connectivity index (χ1v) is 5.57. The average molecular weight is 223 g/mol. The normalized spacial score (nSPS) is 20.0. The van der Waals surface area contributed by atoms with E-state index in [0.717, 1.165) is 25.3 Å². The summed E-state index contributed by atoms with van der Waals surface area (Å²) < 4.78 is 25.8. The molecular formula is C13H15F2N. The van der Waals surface area contributed by atoms with Crippen molar-refractivity contribution in [2.24, 2.45) is 0 Å². The molecule has 0 fully saturated rings. The lowest BCUT2D eigenvalue weighted by Gasteiger charge is -2.19. The Bertz CT molecular complexity index is 367. The third-order valence-electron chi connectivity index (χ3n) is 2.79. The molecule has 0 aromatic heterocycles. The van der Waals surface area contributed by atoms with Crippen LogP contribution in [0.3, 0.4) is 0 Å². The van der Waals surface area contributed by atoms with E-state index in [0.29, 0.717) is 18.2 Å². The Hall–Kier alpha value is -1.22. The third kappa shape index (κ3) is 3.14. The van der Waals surface area contributed by atoms with E-state index in [-0.39, 0.29) is 0 Å². The van der Waals surface area contributed by atoms with Gasteiger partial charge in [0, 0.05) is 18.7 Å². The van der Waals surface area contributed by atoms with Gasteiger partial charge in [-0.3, -0.25) is 0 Å². The SMILES string of the molecule is Fc1cc(F)cc(CNC2CC=CCC2)c1. The smallest absolute Gasteiger partial charge is 0.126 e. The number of hydrogen-bond donors (Lipinski definition) is 1. The first-order valence-electron chi connectivity index (χ1n) is 5.57. The van der Waals surface area contributed by atoms with Crippen LogP contribution in [0, 0.1) is 11.6 Å². The molecule has 0 amide bonds. The van der Waals surface area contributed by atoms with E-state index in [2.05, 4.69) is 17.5 Å². The zero-order chi connectivity index (χ0) is 11.4. The molecular weight excluding hydrogens is 208 g/mol. The lowest BCUT2D eigenvalue weighted by atomic mass is 10.0. The van der Waals surface area contributed by atoms with E-state index in [4.69, 9.17) is 0 Å². The van der Waals surface area contributed by atoms with Crippen LogP contribution in [0.4, 0.5) is 8.78 Å². The van der Waals surface area contributed by atoms with Crippen LogP contribution in [0.5, 0.6) is 0 Å². The van der Waals surface area contributed by atoms with Crippen LogP contribution in [0.1, 0.15) is 24.8 Å². The first-order chi connectivity index (χ1) is 7.74. The Morgan fingerprint density at radius 3 is 2.50 bits per heavy atom. The molecule has 1 N–H and O–H groups in total. The van der Waals surface area contributed by atoms with Crippen LogP contribution in [0.15, 0.2) is 30.4 Å². The fourth-order valence-corrected chi connectivity index (χ4v) is 1.95. The molecule has 1 aliphatic rings. The number of nitrogens with one attached hydrogen (secondary N) is 1. The Morgan fingerprint density at radius 1 is 1.12 bits per heavy atom. The Labute approximate surface area is 94.2 Å². The summed E-state index contributed by atoms with van der Waals surface area (Å²) in [6, 6.07) is 4.06. The standard InChI is InChI=1S/C13H15F2N/c14-11-6-10(7-12(15)8-11)9-16-13-4-2-1-3-5-13/h1-2,6-8,13,16H,3-5,9H2. The van der Waals surface area contributed by atoms with Crippen molar-refractivity contribution in [1.29, 1.82) is 0 Å². The van der Waals surface area contributed by atoms with E-state index < -0.39 is 11.6 Å². The van der Waals surface area contributed by atoms with Crippen molar-refractivity contribution >= 4 is 0 Å². The van der Waals surface area contributed by atoms with E-state index in [1.54, 1.807) is 0 Å². The summed E-state index contributed by atoms with van der Waals surface area (Å²) in [4.78, 5) is 0. The minimum absolute atomic E-state index is 0.427. The van der Waals surface area contributed by atoms with Gasteiger partial charge in [0.05, 0.1) is 0 Å². The number of rotatable bonds is 3. The van der Waals surface area contributed by atoms with Gasteiger partial charge in [0.2, 0.25) is 0 Å². The van der Waals surface area contributed by atoms with Crippen molar-refractivity contribution in [1.82, 2.24) is 5.32 Å². The third-order valence-corrected chi connectivity index (χ3v) is 2.79. The van der Waals surface area contributed by atoms with E-state index in [1.807, 2.05) is 0 Å². The zero-order valence-electron chi connectivity index (χ0n) is 9.05. The second-order valence-corrected chi connectivity index (χ2v) is 4.14. The van der Waals surface area contributed by atoms with Gasteiger partial charge in [0.1, 0.15) is 11.6 Å². The highest BCUT2D eigenvalue weighted by Gasteiger charge is 2.09. The maximum atomic E-state index is 12.9. The minimum Gasteiger partial charge on any atom is -0.310 e. The van der Waals surface area contributed by atoms with Gasteiger partial charge in [-0.15, -0.1) is 0 Å². The molecule has 2 rings (SSSR count). The van der Waals surface area contributed by atoms with E-state index in [9.17, 15) is 8.78 Å². The van der Waals surface area contributed by atoms with Crippen molar-refractivity contribution in [2.75, 3.05) is 0 Å². The summed E-state index contributed by atoms with van der Waals surface area (Å²) in [5.41, 5.74) is 0.659. The van der Waals surface area contributed by atoms with Gasteiger partial charge in [0.15, 0.2) is 0 Å². The monoisotopic (exact) mass is 223 g/mol. The lowest BCUT2D eigenvalue weighted by molar-refractivity contribution is 0.472. The van der Waals surface area contributed by atoms with Crippen LogP contribution in [-0.4, -0.2) is 6.04 Å². The van der Waals surface area contributed by atoms with E-state index in [1.165, 1.54) is 12.1 Å². The van der Waals surface area contributed by atoms with Crippen LogP contribution in [0.25, 0.3) is 0 Å². The molecule has 0 aliphatic heterocycles. The fourth-order valence-electron chi connectivity index (χ4n) is 1.95. The van der Waals surface area contributed by atoms with E-state index >= 15 is 0 Å². The molecule has 0 bridgehead atoms. The van der Waals surface area contributed by atoms with Gasteiger partial charge in [-0.25, -0.2) is 8.78 Å². The molecule has 1 atom stereocenters. The Balaban J connectivity index is 1.91. The van der Waals surface area contributed by atoms with Gasteiger partial charge in [-0.05, 0) is 37.0 Å². The summed E-state index contributed by atoms with van der Waals surface area (Å²) in [6.45, 7) is 0.521. The predicted molar refractivity (Wildman–Crippen MR) is 60.0 cm³/mol. The number of benzene rings is 1.